The van der Waals surface area contributed by atoms with Gasteiger partial charge in [0.15, 0.2) is 0 Å². The monoisotopic (exact) mass is 146 g/mol. The third-order valence-corrected chi connectivity index (χ3v) is 1.29. The molecule has 3 heteroatoms. The molecule has 1 heterocycles. The van der Waals surface area contributed by atoms with E-state index in [1.54, 1.807) is 0 Å². The molecular weight excluding hydrogens is 132 g/mol. The first-order chi connectivity index (χ1) is 4.64. The minimum absolute atomic E-state index is 0.181. The Labute approximate surface area is 61.3 Å². The van der Waals surface area contributed by atoms with Crippen LogP contribution in [0.1, 0.15) is 20.8 Å². The highest BCUT2D eigenvalue weighted by Gasteiger charge is 2.32. The zero-order chi connectivity index (χ0) is 7.61. The van der Waals surface area contributed by atoms with E-state index >= 15 is 0 Å². The molecule has 0 bridgehead atoms. The third kappa shape index (κ3) is 1.94. The first-order valence-electron chi connectivity index (χ1n) is 3.55. The minimum Gasteiger partial charge on any atom is -0.330 e. The molecule has 0 spiro atoms. The molecule has 1 atom stereocenters. The van der Waals surface area contributed by atoms with Crippen LogP contribution in [0.3, 0.4) is 0 Å². The normalized spacial score (nSPS) is 30.9. The Morgan fingerprint density at radius 3 is 2.70 bits per heavy atom. The maximum absolute atomic E-state index is 5.34. The Balaban J connectivity index is 2.29. The largest absolute Gasteiger partial charge is 0.330 e. The van der Waals surface area contributed by atoms with Crippen LogP contribution < -0.4 is 0 Å². The van der Waals surface area contributed by atoms with Gasteiger partial charge in [-0.1, -0.05) is 0 Å². The van der Waals surface area contributed by atoms with E-state index < -0.39 is 6.48 Å². The van der Waals surface area contributed by atoms with Crippen molar-refractivity contribution in [2.45, 2.75) is 32.8 Å². The quantitative estimate of drug-likeness (QED) is 0.584. The van der Waals surface area contributed by atoms with E-state index in [0.29, 0.717) is 13.2 Å². The molecule has 1 aliphatic rings. The Kier molecular flexibility index (Phi) is 2.28. The van der Waals surface area contributed by atoms with Gasteiger partial charge in [0.1, 0.15) is 0 Å². The first-order valence-corrected chi connectivity index (χ1v) is 3.55. The van der Waals surface area contributed by atoms with Gasteiger partial charge in [-0.05, 0) is 20.8 Å². The molecule has 1 saturated heterocycles. The van der Waals surface area contributed by atoms with Crippen LogP contribution in [-0.4, -0.2) is 25.3 Å². The van der Waals surface area contributed by atoms with Gasteiger partial charge in [-0.2, -0.15) is 0 Å². The van der Waals surface area contributed by atoms with Crippen LogP contribution in [0.15, 0.2) is 0 Å². The van der Waals surface area contributed by atoms with Gasteiger partial charge in [-0.15, -0.1) is 0 Å². The third-order valence-electron chi connectivity index (χ3n) is 1.29. The van der Waals surface area contributed by atoms with Crippen molar-refractivity contribution in [1.29, 1.82) is 0 Å². The lowest BCUT2D eigenvalue weighted by molar-refractivity contribution is -0.243. The summed E-state index contributed by atoms with van der Waals surface area (Å²) in [5.74, 6) is 0. The molecule has 0 N–H and O–H groups in total. The fourth-order valence-electron chi connectivity index (χ4n) is 0.815. The van der Waals surface area contributed by atoms with Crippen molar-refractivity contribution in [2.24, 2.45) is 0 Å². The molecule has 0 radical (unpaired) electrons. The second kappa shape index (κ2) is 2.86. The number of hydrogen-bond acceptors (Lipinski definition) is 3. The maximum atomic E-state index is 5.34. The molecule has 0 saturated carbocycles. The Bertz CT molecular complexity index is 111. The van der Waals surface area contributed by atoms with Crippen LogP contribution in [0.2, 0.25) is 0 Å². The molecule has 1 unspecified atom stereocenters. The molecule has 10 heavy (non-hydrogen) atoms. The molecule has 1 fully saturated rings. The predicted octanol–water partition coefficient (Wildman–Crippen LogP) is 1.13. The molecular formula is C7H14O3. The van der Waals surface area contributed by atoms with Crippen LogP contribution in [0, 0.1) is 0 Å². The summed E-state index contributed by atoms with van der Waals surface area (Å²) in [6, 6.07) is 0. The summed E-state index contributed by atoms with van der Waals surface area (Å²) in [7, 11) is 0. The maximum Gasteiger partial charge on any atom is 0.272 e. The highest BCUT2D eigenvalue weighted by molar-refractivity contribution is 4.71. The second-order valence-electron chi connectivity index (χ2n) is 2.93. The van der Waals surface area contributed by atoms with E-state index in [1.165, 1.54) is 0 Å². The molecule has 0 aromatic rings. The number of hydrogen-bond donors (Lipinski definition) is 0. The second-order valence-corrected chi connectivity index (χ2v) is 2.93. The SMILES string of the molecule is CCOC1OCC(C)(C)O1. The van der Waals surface area contributed by atoms with E-state index in [9.17, 15) is 0 Å². The van der Waals surface area contributed by atoms with Gasteiger partial charge in [0.05, 0.1) is 12.2 Å². The summed E-state index contributed by atoms with van der Waals surface area (Å²) in [5.41, 5.74) is -0.181. The fourth-order valence-corrected chi connectivity index (χ4v) is 0.815. The van der Waals surface area contributed by atoms with Crippen molar-refractivity contribution in [3.63, 3.8) is 0 Å². The first kappa shape index (κ1) is 7.98. The highest BCUT2D eigenvalue weighted by Crippen LogP contribution is 2.21. The zero-order valence-electron chi connectivity index (χ0n) is 6.72. The average molecular weight is 146 g/mol. The van der Waals surface area contributed by atoms with Gasteiger partial charge in [0.2, 0.25) is 0 Å². The smallest absolute Gasteiger partial charge is 0.272 e. The summed E-state index contributed by atoms with van der Waals surface area (Å²) >= 11 is 0. The summed E-state index contributed by atoms with van der Waals surface area (Å²) in [6.07, 6.45) is 0. The molecule has 0 amide bonds. The Hall–Kier alpha value is -0.120. The van der Waals surface area contributed by atoms with Gasteiger partial charge in [0, 0.05) is 6.61 Å². The Morgan fingerprint density at radius 1 is 1.60 bits per heavy atom. The summed E-state index contributed by atoms with van der Waals surface area (Å²) in [6.45, 7) is 6.66. The average Bonchev–Trinajstić information content (AvgIpc) is 2.12. The summed E-state index contributed by atoms with van der Waals surface area (Å²) < 4.78 is 15.6. The van der Waals surface area contributed by atoms with Gasteiger partial charge < -0.3 is 14.2 Å². The molecule has 0 aromatic carbocycles. The number of rotatable bonds is 2. The minimum atomic E-state index is -0.444. The summed E-state index contributed by atoms with van der Waals surface area (Å²) in [4.78, 5) is 0. The van der Waals surface area contributed by atoms with Crippen molar-refractivity contribution in [3.8, 4) is 0 Å². The fraction of sp³-hybridized carbons (Fsp3) is 1.00. The van der Waals surface area contributed by atoms with Gasteiger partial charge in [-0.25, -0.2) is 0 Å². The van der Waals surface area contributed by atoms with Gasteiger partial charge >= 0.3 is 0 Å². The van der Waals surface area contributed by atoms with Crippen LogP contribution >= 0.6 is 0 Å². The van der Waals surface area contributed by atoms with Gasteiger partial charge in [0.25, 0.3) is 6.48 Å². The molecule has 0 aromatic heterocycles. The van der Waals surface area contributed by atoms with E-state index in [0.717, 1.165) is 0 Å². The van der Waals surface area contributed by atoms with E-state index in [-0.39, 0.29) is 5.60 Å². The van der Waals surface area contributed by atoms with Crippen molar-refractivity contribution in [2.75, 3.05) is 13.2 Å². The number of ether oxygens (including phenoxy) is 3. The standard InChI is InChI=1S/C7H14O3/c1-4-8-6-9-5-7(2,3)10-6/h6H,4-5H2,1-3H3. The lowest BCUT2D eigenvalue weighted by Crippen LogP contribution is -2.23. The van der Waals surface area contributed by atoms with Crippen molar-refractivity contribution in [1.82, 2.24) is 0 Å². The lowest BCUT2D eigenvalue weighted by atomic mass is 10.2. The van der Waals surface area contributed by atoms with Crippen molar-refractivity contribution >= 4 is 0 Å². The van der Waals surface area contributed by atoms with Crippen molar-refractivity contribution < 1.29 is 14.2 Å². The molecule has 0 aliphatic carbocycles. The van der Waals surface area contributed by atoms with Crippen LogP contribution in [0.5, 0.6) is 0 Å². The van der Waals surface area contributed by atoms with Crippen LogP contribution in [0.25, 0.3) is 0 Å². The molecule has 1 aliphatic heterocycles. The molecule has 60 valence electrons. The van der Waals surface area contributed by atoms with E-state index in [2.05, 4.69) is 0 Å². The molecule has 1 rings (SSSR count). The van der Waals surface area contributed by atoms with Gasteiger partial charge in [-0.3, -0.25) is 0 Å². The predicted molar refractivity (Wildman–Crippen MR) is 36.5 cm³/mol. The van der Waals surface area contributed by atoms with Crippen molar-refractivity contribution in [3.05, 3.63) is 0 Å². The zero-order valence-corrected chi connectivity index (χ0v) is 6.72. The summed E-state index contributed by atoms with van der Waals surface area (Å²) in [5, 5.41) is 0. The molecule has 3 nitrogen and oxygen atoms in total. The van der Waals surface area contributed by atoms with E-state index in [4.69, 9.17) is 14.2 Å². The highest BCUT2D eigenvalue weighted by atomic mass is 16.9. The lowest BCUT2D eigenvalue weighted by Gasteiger charge is -2.14. The Morgan fingerprint density at radius 2 is 2.30 bits per heavy atom. The van der Waals surface area contributed by atoms with Crippen LogP contribution in [-0.2, 0) is 14.2 Å². The van der Waals surface area contributed by atoms with Crippen LogP contribution in [0.4, 0.5) is 0 Å². The topological polar surface area (TPSA) is 27.7 Å². The van der Waals surface area contributed by atoms with E-state index in [1.807, 2.05) is 20.8 Å².